The molecular weight excluding hydrogens is 478 g/mol. The van der Waals surface area contributed by atoms with Gasteiger partial charge >= 0.3 is 6.61 Å². The third-order valence-electron chi connectivity index (χ3n) is 5.22. The quantitative estimate of drug-likeness (QED) is 0.278. The molecule has 10 heteroatoms. The van der Waals surface area contributed by atoms with Gasteiger partial charge in [-0.05, 0) is 53.8 Å². The van der Waals surface area contributed by atoms with E-state index in [-0.39, 0.29) is 36.2 Å². The average Bonchev–Trinajstić information content (AvgIpc) is 2.79. The summed E-state index contributed by atoms with van der Waals surface area (Å²) in [5.41, 5.74) is 2.57. The Morgan fingerprint density at radius 1 is 0.943 bits per heavy atom. The standard InChI is InChI=1S/C25H28F2N2O5S/c1-35(32,33)29-23-15-18(7-12-24(23)31)13-20(30)16-28-22(14-17-5-3-2-4-6-17)19-8-10-21(11-9-19)34-25(26)27/h2-12,15,20,22,25,28-31H,13-14,16H2,1H3/t20-,22-/m1/s1. The molecule has 0 unspecified atom stereocenters. The molecular formula is C25H28F2N2O5S. The number of anilines is 1. The summed E-state index contributed by atoms with van der Waals surface area (Å²) < 4.78 is 54.6. The molecule has 0 heterocycles. The summed E-state index contributed by atoms with van der Waals surface area (Å²) in [7, 11) is -3.57. The largest absolute Gasteiger partial charge is 0.506 e. The lowest BCUT2D eigenvalue weighted by molar-refractivity contribution is -0.0498. The van der Waals surface area contributed by atoms with Crippen LogP contribution < -0.4 is 14.8 Å². The van der Waals surface area contributed by atoms with Crippen molar-refractivity contribution in [2.75, 3.05) is 17.5 Å². The van der Waals surface area contributed by atoms with Crippen LogP contribution in [0, 0.1) is 0 Å². The highest BCUT2D eigenvalue weighted by Gasteiger charge is 2.16. The Balaban J connectivity index is 1.69. The number of halogens is 2. The summed E-state index contributed by atoms with van der Waals surface area (Å²) in [6.45, 7) is -2.69. The number of aliphatic hydroxyl groups excluding tert-OH is 1. The van der Waals surface area contributed by atoms with Crippen molar-refractivity contribution in [3.63, 3.8) is 0 Å². The van der Waals surface area contributed by atoms with Gasteiger partial charge < -0.3 is 20.3 Å². The van der Waals surface area contributed by atoms with Crippen LogP contribution in [-0.2, 0) is 22.9 Å². The predicted octanol–water partition coefficient (Wildman–Crippen LogP) is 3.84. The van der Waals surface area contributed by atoms with Crippen molar-refractivity contribution >= 4 is 15.7 Å². The summed E-state index contributed by atoms with van der Waals surface area (Å²) in [6, 6.07) is 20.3. The number of phenolic OH excluding ortho intramolecular Hbond substituents is 1. The fraction of sp³-hybridized carbons (Fsp3) is 0.280. The van der Waals surface area contributed by atoms with E-state index >= 15 is 0 Å². The molecule has 188 valence electrons. The lowest BCUT2D eigenvalue weighted by Gasteiger charge is -2.22. The molecule has 0 saturated heterocycles. The number of ether oxygens (including phenoxy) is 1. The number of nitrogens with one attached hydrogen (secondary N) is 2. The van der Waals surface area contributed by atoms with Crippen molar-refractivity contribution in [3.8, 4) is 11.5 Å². The number of hydrogen-bond donors (Lipinski definition) is 4. The Morgan fingerprint density at radius 3 is 2.26 bits per heavy atom. The van der Waals surface area contributed by atoms with Crippen LogP contribution in [0.4, 0.5) is 14.5 Å². The van der Waals surface area contributed by atoms with Crippen LogP contribution in [0.15, 0.2) is 72.8 Å². The first-order valence-electron chi connectivity index (χ1n) is 10.9. The lowest BCUT2D eigenvalue weighted by atomic mass is 9.98. The molecule has 0 radical (unpaired) electrons. The molecule has 3 aromatic carbocycles. The monoisotopic (exact) mass is 506 g/mol. The number of hydrogen-bond acceptors (Lipinski definition) is 6. The zero-order chi connectivity index (χ0) is 25.4. The van der Waals surface area contributed by atoms with Gasteiger partial charge in [0.25, 0.3) is 0 Å². The molecule has 0 aliphatic carbocycles. The molecule has 0 fully saturated rings. The van der Waals surface area contributed by atoms with Crippen molar-refractivity contribution in [1.82, 2.24) is 5.32 Å². The van der Waals surface area contributed by atoms with E-state index in [2.05, 4.69) is 14.8 Å². The summed E-state index contributed by atoms with van der Waals surface area (Å²) in [5, 5.41) is 23.9. The maximum atomic E-state index is 12.5. The van der Waals surface area contributed by atoms with Gasteiger partial charge in [-0.3, -0.25) is 4.72 Å². The average molecular weight is 507 g/mol. The Hall–Kier alpha value is -3.21. The predicted molar refractivity (Wildman–Crippen MR) is 130 cm³/mol. The molecule has 0 spiro atoms. The minimum absolute atomic E-state index is 0.0400. The molecule has 4 N–H and O–H groups in total. The number of phenols is 1. The Bertz CT molecular complexity index is 1190. The van der Waals surface area contributed by atoms with E-state index in [0.717, 1.165) is 17.4 Å². The molecule has 7 nitrogen and oxygen atoms in total. The SMILES string of the molecule is CS(=O)(=O)Nc1cc(C[C@@H](O)CN[C@H](Cc2ccccc2)c2ccc(OC(F)F)cc2)ccc1O. The molecule has 0 aliphatic rings. The van der Waals surface area contributed by atoms with Gasteiger partial charge in [-0.2, -0.15) is 8.78 Å². The molecule has 0 bridgehead atoms. The normalized spacial score (nSPS) is 13.4. The summed E-state index contributed by atoms with van der Waals surface area (Å²) in [5.74, 6) is -0.151. The molecule has 35 heavy (non-hydrogen) atoms. The van der Waals surface area contributed by atoms with E-state index in [0.29, 0.717) is 12.0 Å². The number of benzene rings is 3. The highest BCUT2D eigenvalue weighted by molar-refractivity contribution is 7.92. The third-order valence-corrected chi connectivity index (χ3v) is 5.81. The van der Waals surface area contributed by atoms with Crippen molar-refractivity contribution in [3.05, 3.63) is 89.5 Å². The van der Waals surface area contributed by atoms with Crippen LogP contribution in [0.3, 0.4) is 0 Å². The molecule has 0 amide bonds. The van der Waals surface area contributed by atoms with E-state index in [1.54, 1.807) is 18.2 Å². The van der Waals surface area contributed by atoms with E-state index < -0.39 is 22.7 Å². The first-order valence-corrected chi connectivity index (χ1v) is 12.8. The maximum absolute atomic E-state index is 12.5. The second-order valence-electron chi connectivity index (χ2n) is 8.18. The smallest absolute Gasteiger partial charge is 0.387 e. The van der Waals surface area contributed by atoms with Gasteiger partial charge in [-0.1, -0.05) is 48.5 Å². The molecule has 2 atom stereocenters. The van der Waals surface area contributed by atoms with Crippen molar-refractivity contribution < 1.29 is 32.1 Å². The fourth-order valence-electron chi connectivity index (χ4n) is 3.65. The van der Waals surface area contributed by atoms with Crippen LogP contribution in [-0.4, -0.2) is 44.1 Å². The van der Waals surface area contributed by atoms with Crippen molar-refractivity contribution in [2.45, 2.75) is 31.6 Å². The summed E-state index contributed by atoms with van der Waals surface area (Å²) in [6.07, 6.45) is 0.983. The van der Waals surface area contributed by atoms with Crippen LogP contribution in [0.1, 0.15) is 22.7 Å². The topological polar surface area (TPSA) is 108 Å². The number of aromatic hydroxyl groups is 1. The zero-order valence-corrected chi connectivity index (χ0v) is 19.9. The van der Waals surface area contributed by atoms with Gasteiger partial charge in [0.05, 0.1) is 18.0 Å². The van der Waals surface area contributed by atoms with Gasteiger partial charge in [-0.25, -0.2) is 8.42 Å². The van der Waals surface area contributed by atoms with Crippen molar-refractivity contribution in [2.24, 2.45) is 0 Å². The molecule has 0 aromatic heterocycles. The Kier molecular flexibility index (Phi) is 9.02. The van der Waals surface area contributed by atoms with Gasteiger partial charge in [0.15, 0.2) is 0 Å². The van der Waals surface area contributed by atoms with Crippen molar-refractivity contribution in [1.29, 1.82) is 0 Å². The Morgan fingerprint density at radius 2 is 1.63 bits per heavy atom. The van der Waals surface area contributed by atoms with E-state index in [4.69, 9.17) is 0 Å². The molecule has 3 rings (SSSR count). The molecule has 0 aliphatic heterocycles. The van der Waals surface area contributed by atoms with E-state index in [9.17, 15) is 27.4 Å². The van der Waals surface area contributed by atoms with Crippen LogP contribution >= 0.6 is 0 Å². The van der Waals surface area contributed by atoms with Crippen LogP contribution in [0.5, 0.6) is 11.5 Å². The van der Waals surface area contributed by atoms with Crippen LogP contribution in [0.2, 0.25) is 0 Å². The number of aliphatic hydroxyl groups is 1. The van der Waals surface area contributed by atoms with Gasteiger partial charge in [0.2, 0.25) is 10.0 Å². The van der Waals surface area contributed by atoms with E-state index in [1.165, 1.54) is 24.3 Å². The number of rotatable bonds is 12. The van der Waals surface area contributed by atoms with Crippen LogP contribution in [0.25, 0.3) is 0 Å². The number of sulfonamides is 1. The van der Waals surface area contributed by atoms with Gasteiger partial charge in [0.1, 0.15) is 11.5 Å². The molecule has 3 aromatic rings. The van der Waals surface area contributed by atoms with Gasteiger partial charge in [0, 0.05) is 12.6 Å². The second-order valence-corrected chi connectivity index (χ2v) is 9.93. The minimum atomic E-state index is -3.57. The summed E-state index contributed by atoms with van der Waals surface area (Å²) in [4.78, 5) is 0. The zero-order valence-electron chi connectivity index (χ0n) is 19.1. The second kappa shape index (κ2) is 12.0. The third kappa shape index (κ3) is 8.82. The van der Waals surface area contributed by atoms with E-state index in [1.807, 2.05) is 30.3 Å². The first kappa shape index (κ1) is 26.4. The first-order chi connectivity index (χ1) is 16.6. The highest BCUT2D eigenvalue weighted by Crippen LogP contribution is 2.26. The number of alkyl halides is 2. The highest BCUT2D eigenvalue weighted by atomic mass is 32.2. The maximum Gasteiger partial charge on any atom is 0.387 e. The minimum Gasteiger partial charge on any atom is -0.506 e. The Labute approximate surface area is 203 Å². The lowest BCUT2D eigenvalue weighted by Crippen LogP contribution is -2.32. The fourth-order valence-corrected chi connectivity index (χ4v) is 4.22. The summed E-state index contributed by atoms with van der Waals surface area (Å²) >= 11 is 0. The van der Waals surface area contributed by atoms with Gasteiger partial charge in [-0.15, -0.1) is 0 Å². The molecule has 0 saturated carbocycles.